The van der Waals surface area contributed by atoms with Gasteiger partial charge in [0.2, 0.25) is 6.41 Å². The molecule has 0 radical (unpaired) electrons. The first-order chi connectivity index (χ1) is 19.5. The molecule has 1 amide bonds. The van der Waals surface area contributed by atoms with Crippen molar-refractivity contribution in [3.05, 3.63) is 104 Å². The fourth-order valence-electron chi connectivity index (χ4n) is 5.52. The van der Waals surface area contributed by atoms with Gasteiger partial charge in [0.15, 0.2) is 0 Å². The zero-order valence-electron chi connectivity index (χ0n) is 24.0. The molecule has 0 spiro atoms. The molecule has 0 aromatic heterocycles. The summed E-state index contributed by atoms with van der Waals surface area (Å²) in [5.74, 6) is -0.310. The summed E-state index contributed by atoms with van der Waals surface area (Å²) in [7, 11) is 0. The predicted molar refractivity (Wildman–Crippen MR) is 166 cm³/mol. The van der Waals surface area contributed by atoms with Crippen molar-refractivity contribution in [3.8, 4) is 0 Å². The number of rotatable bonds is 12. The second-order valence-corrected chi connectivity index (χ2v) is 9.83. The van der Waals surface area contributed by atoms with Crippen LogP contribution in [0.25, 0.3) is 10.4 Å². The van der Waals surface area contributed by atoms with E-state index in [1.54, 1.807) is 22.0 Å². The summed E-state index contributed by atoms with van der Waals surface area (Å²) in [6, 6.07) is 16.9. The lowest BCUT2D eigenvalue weighted by Crippen LogP contribution is -2.47. The minimum Gasteiger partial charge on any atom is -0.412 e. The Bertz CT molecular complexity index is 1290. The molecule has 0 saturated carbocycles. The van der Waals surface area contributed by atoms with Crippen LogP contribution in [0.2, 0.25) is 0 Å². The Balaban J connectivity index is 0.00000308. The van der Waals surface area contributed by atoms with Crippen LogP contribution in [0, 0.1) is 10.1 Å². The van der Waals surface area contributed by atoms with Crippen molar-refractivity contribution in [2.75, 3.05) is 44.2 Å². The van der Waals surface area contributed by atoms with Gasteiger partial charge in [-0.05, 0) is 42.0 Å². The first kappa shape index (κ1) is 34.1. The number of nitro groups is 1. The highest BCUT2D eigenvalue weighted by molar-refractivity contribution is 5.85. The van der Waals surface area contributed by atoms with Crippen LogP contribution in [0.15, 0.2) is 83.0 Å². The van der Waals surface area contributed by atoms with Crippen molar-refractivity contribution in [1.82, 2.24) is 14.8 Å². The van der Waals surface area contributed by atoms with Gasteiger partial charge >= 0.3 is 0 Å². The Hall–Kier alpha value is -4.09. The van der Waals surface area contributed by atoms with Gasteiger partial charge in [0, 0.05) is 63.4 Å². The van der Waals surface area contributed by atoms with Crippen LogP contribution in [0.5, 0.6) is 0 Å². The number of allylic oxidation sites excluding steroid dienone is 3. The zero-order valence-corrected chi connectivity index (χ0v) is 24.8. The maximum Gasteiger partial charge on any atom is 0.269 e. The van der Waals surface area contributed by atoms with Crippen LogP contribution in [-0.2, 0) is 4.79 Å². The number of para-hydroxylation sites is 1. The Morgan fingerprint density at radius 2 is 1.74 bits per heavy atom. The number of nitro benzene ring substituents is 1. The molecule has 0 bridgehead atoms. The van der Waals surface area contributed by atoms with Crippen LogP contribution < -0.4 is 4.90 Å². The fraction of sp³-hybridized carbons (Fsp3) is 0.414. The summed E-state index contributed by atoms with van der Waals surface area (Å²) in [6.45, 7) is 9.14. The number of carbonyl (C=O) groups excluding carboxylic acids is 1. The molecule has 12 nitrogen and oxygen atoms in total. The van der Waals surface area contributed by atoms with Gasteiger partial charge < -0.3 is 15.3 Å². The molecule has 1 unspecified atom stereocenters. The molecule has 13 heteroatoms. The lowest BCUT2D eigenvalue weighted by Gasteiger charge is -2.37. The molecule has 2 aromatic carbocycles. The normalized spacial score (nSPS) is 16.9. The van der Waals surface area contributed by atoms with E-state index in [0.717, 1.165) is 68.2 Å². The zero-order chi connectivity index (χ0) is 28.5. The molecule has 2 aromatic rings. The lowest BCUT2D eigenvalue weighted by atomic mass is 9.88. The summed E-state index contributed by atoms with van der Waals surface area (Å²) in [4.78, 5) is 32.9. The van der Waals surface area contributed by atoms with Gasteiger partial charge in [0.25, 0.3) is 5.69 Å². The van der Waals surface area contributed by atoms with Crippen molar-refractivity contribution in [3.63, 3.8) is 0 Å². The Morgan fingerprint density at radius 1 is 1.07 bits per heavy atom. The number of amides is 1. The number of hydrogen-bond acceptors (Lipinski definition) is 6. The molecular weight excluding hydrogens is 560 g/mol. The van der Waals surface area contributed by atoms with E-state index >= 15 is 0 Å². The molecule has 1 saturated heterocycles. The predicted octanol–water partition coefficient (Wildman–Crippen LogP) is 5.40. The van der Waals surface area contributed by atoms with E-state index in [-0.39, 0.29) is 29.5 Å². The third-order valence-electron chi connectivity index (χ3n) is 7.57. The topological polar surface area (TPSA) is 153 Å². The van der Waals surface area contributed by atoms with E-state index in [4.69, 9.17) is 0 Å². The van der Waals surface area contributed by atoms with Crippen molar-refractivity contribution in [1.29, 1.82) is 0 Å². The quantitative estimate of drug-likeness (QED) is 0.0795. The number of nitrogens with zero attached hydrogens (tertiary/aromatic N) is 8. The van der Waals surface area contributed by atoms with Gasteiger partial charge in [-0.3, -0.25) is 19.8 Å². The largest absolute Gasteiger partial charge is 0.412 e. The molecule has 1 fully saturated rings. The molecule has 2 aliphatic heterocycles. The molecule has 2 N–H and O–H groups in total. The fourth-order valence-corrected chi connectivity index (χ4v) is 5.52. The number of anilines is 1. The number of halogens is 1. The van der Waals surface area contributed by atoms with Crippen LogP contribution in [-0.4, -0.2) is 70.9 Å². The molecule has 42 heavy (non-hydrogen) atoms. The SMILES string of the molecule is CCC1=CC(c2ccc([N+](=O)[O-])cc2)C(N(C=O)CCCN2CCN(c3ccccc3)CC2)=C(CC)N1N=[N+]=[N-].Cl.O. The smallest absolute Gasteiger partial charge is 0.269 e. The first-order valence-electron chi connectivity index (χ1n) is 13.8. The number of benzene rings is 2. The van der Waals surface area contributed by atoms with E-state index in [0.29, 0.717) is 19.4 Å². The molecule has 1 atom stereocenters. The summed E-state index contributed by atoms with van der Waals surface area (Å²) in [5.41, 5.74) is 13.7. The average Bonchev–Trinajstić information content (AvgIpc) is 3.00. The maximum atomic E-state index is 12.5. The van der Waals surface area contributed by atoms with Gasteiger partial charge in [-0.1, -0.05) is 44.2 Å². The highest BCUT2D eigenvalue weighted by Crippen LogP contribution is 2.40. The Labute approximate surface area is 252 Å². The summed E-state index contributed by atoms with van der Waals surface area (Å²) in [6.07, 6.45) is 4.78. The molecule has 4 rings (SSSR count). The first-order valence-corrected chi connectivity index (χ1v) is 13.8. The molecule has 0 aliphatic carbocycles. The van der Waals surface area contributed by atoms with E-state index in [2.05, 4.69) is 44.2 Å². The summed E-state index contributed by atoms with van der Waals surface area (Å²) < 4.78 is 0. The number of piperazine rings is 1. The van der Waals surface area contributed by atoms with Gasteiger partial charge in [0.1, 0.15) is 11.4 Å². The number of carbonyl (C=O) groups is 1. The summed E-state index contributed by atoms with van der Waals surface area (Å²) >= 11 is 0. The van der Waals surface area contributed by atoms with Crippen molar-refractivity contribution < 1.29 is 15.2 Å². The lowest BCUT2D eigenvalue weighted by molar-refractivity contribution is -0.384. The minimum absolute atomic E-state index is 0. The monoisotopic (exact) mass is 598 g/mol. The minimum atomic E-state index is -0.424. The Morgan fingerprint density at radius 3 is 2.29 bits per heavy atom. The number of non-ortho nitro benzene ring substituents is 1. The highest BCUT2D eigenvalue weighted by Gasteiger charge is 2.35. The maximum absolute atomic E-state index is 12.5. The van der Waals surface area contributed by atoms with E-state index < -0.39 is 4.92 Å². The van der Waals surface area contributed by atoms with Crippen LogP contribution in [0.4, 0.5) is 11.4 Å². The third kappa shape index (κ3) is 7.80. The third-order valence-corrected chi connectivity index (χ3v) is 7.57. The van der Waals surface area contributed by atoms with Gasteiger partial charge in [-0.15, -0.1) is 17.9 Å². The van der Waals surface area contributed by atoms with Crippen LogP contribution in [0.1, 0.15) is 44.6 Å². The standard InChI is InChI=1S/C29H36N8O3.ClH.H2O/c1-3-24-21-27(23-11-13-26(14-12-23)37(39)40)29(28(4-2)36(24)32-31-30)35(22-38)16-8-15-33-17-19-34(20-18-33)25-9-6-5-7-10-25;;/h5-7,9-14,21-22,27H,3-4,8,15-20H2,1-2H3;1H;1H2. The second kappa shape index (κ2) is 16.4. The number of azide groups is 1. The average molecular weight is 599 g/mol. The van der Waals surface area contributed by atoms with E-state index in [1.165, 1.54) is 17.8 Å². The van der Waals surface area contributed by atoms with Gasteiger partial charge in [-0.2, -0.15) is 9.92 Å². The highest BCUT2D eigenvalue weighted by atomic mass is 35.5. The molecule has 2 heterocycles. The van der Waals surface area contributed by atoms with E-state index in [9.17, 15) is 20.4 Å². The van der Waals surface area contributed by atoms with Crippen molar-refractivity contribution in [2.24, 2.45) is 5.22 Å². The van der Waals surface area contributed by atoms with Crippen LogP contribution in [0.3, 0.4) is 0 Å². The van der Waals surface area contributed by atoms with Crippen LogP contribution >= 0.6 is 12.4 Å². The van der Waals surface area contributed by atoms with Crippen molar-refractivity contribution >= 4 is 30.2 Å². The molecule has 2 aliphatic rings. The van der Waals surface area contributed by atoms with Gasteiger partial charge in [-0.25, -0.2) is 0 Å². The van der Waals surface area contributed by atoms with E-state index in [1.807, 2.05) is 26.0 Å². The Kier molecular flexibility index (Phi) is 13.3. The van der Waals surface area contributed by atoms with Crippen molar-refractivity contribution in [2.45, 2.75) is 39.0 Å². The second-order valence-electron chi connectivity index (χ2n) is 9.83. The van der Waals surface area contributed by atoms with Gasteiger partial charge in [0.05, 0.1) is 16.5 Å². The summed E-state index contributed by atoms with van der Waals surface area (Å²) in [5, 5.41) is 16.8. The molecular formula is C29H39ClN8O4. The molecule has 226 valence electrons. The number of hydrogen-bond donors (Lipinski definition) is 0.